The van der Waals surface area contributed by atoms with Gasteiger partial charge in [0.15, 0.2) is 0 Å². The van der Waals surface area contributed by atoms with Gasteiger partial charge in [-0.1, -0.05) is 108 Å². The van der Waals surface area contributed by atoms with Gasteiger partial charge in [0.2, 0.25) is 11.8 Å². The minimum atomic E-state index is -4.13. The van der Waals surface area contributed by atoms with Gasteiger partial charge in [-0.05, 0) is 60.4 Å². The van der Waals surface area contributed by atoms with Crippen molar-refractivity contribution < 1.29 is 18.0 Å². The van der Waals surface area contributed by atoms with Gasteiger partial charge >= 0.3 is 0 Å². The first-order valence-corrected chi connectivity index (χ1v) is 16.8. The molecule has 0 aliphatic carbocycles. The summed E-state index contributed by atoms with van der Waals surface area (Å²) in [7, 11) is -4.13. The molecule has 44 heavy (non-hydrogen) atoms. The van der Waals surface area contributed by atoms with E-state index in [0.29, 0.717) is 12.2 Å². The van der Waals surface area contributed by atoms with Crippen LogP contribution >= 0.6 is 15.9 Å². The predicted octanol–water partition coefficient (Wildman–Crippen LogP) is 6.37. The minimum Gasteiger partial charge on any atom is -0.354 e. The number of amides is 2. The van der Waals surface area contributed by atoms with Crippen LogP contribution in [0.4, 0.5) is 5.69 Å². The number of anilines is 1. The van der Waals surface area contributed by atoms with E-state index in [-0.39, 0.29) is 29.7 Å². The standard InChI is InChI=1S/C35H38BrN3O4S/c1-26(2)23-37-35(41)33(22-28-12-6-4-7-13-28)38(24-29-14-10-11-27(3)21-29)34(40)25-39(31-19-17-30(36)18-20-31)44(42,43)32-15-8-5-9-16-32/h4-21,26,33H,22-25H2,1-3H3,(H,37,41)/t33-/m0/s1. The zero-order valence-electron chi connectivity index (χ0n) is 25.2. The zero-order chi connectivity index (χ0) is 31.7. The van der Waals surface area contributed by atoms with Crippen LogP contribution in [0.15, 0.2) is 119 Å². The Hall–Kier alpha value is -3.95. The molecule has 0 spiro atoms. The summed E-state index contributed by atoms with van der Waals surface area (Å²) < 4.78 is 29.9. The van der Waals surface area contributed by atoms with Crippen molar-refractivity contribution in [2.75, 3.05) is 17.4 Å². The molecule has 1 N–H and O–H groups in total. The van der Waals surface area contributed by atoms with Crippen LogP contribution < -0.4 is 9.62 Å². The quantitative estimate of drug-likeness (QED) is 0.179. The van der Waals surface area contributed by atoms with Crippen molar-refractivity contribution in [3.05, 3.63) is 130 Å². The highest BCUT2D eigenvalue weighted by Crippen LogP contribution is 2.26. The van der Waals surface area contributed by atoms with Gasteiger partial charge in [0, 0.05) is 24.0 Å². The number of nitrogens with zero attached hydrogens (tertiary/aromatic N) is 2. The lowest BCUT2D eigenvalue weighted by Crippen LogP contribution is -2.53. The average molecular weight is 677 g/mol. The average Bonchev–Trinajstić information content (AvgIpc) is 3.01. The van der Waals surface area contributed by atoms with Crippen molar-refractivity contribution in [3.8, 4) is 0 Å². The molecule has 0 fully saturated rings. The van der Waals surface area contributed by atoms with Crippen LogP contribution in [0, 0.1) is 12.8 Å². The molecule has 0 heterocycles. The fourth-order valence-electron chi connectivity index (χ4n) is 4.84. The Morgan fingerprint density at radius 1 is 0.818 bits per heavy atom. The van der Waals surface area contributed by atoms with E-state index in [1.54, 1.807) is 42.5 Å². The monoisotopic (exact) mass is 675 g/mol. The van der Waals surface area contributed by atoms with Crippen molar-refractivity contribution in [2.24, 2.45) is 5.92 Å². The molecular formula is C35H38BrN3O4S. The first-order valence-electron chi connectivity index (χ1n) is 14.5. The number of aryl methyl sites for hydroxylation is 1. The summed E-state index contributed by atoms with van der Waals surface area (Å²) in [6.07, 6.45) is 0.270. The van der Waals surface area contributed by atoms with Gasteiger partial charge in [0.1, 0.15) is 12.6 Å². The minimum absolute atomic E-state index is 0.0662. The molecule has 0 unspecified atom stereocenters. The maximum absolute atomic E-state index is 14.5. The van der Waals surface area contributed by atoms with Gasteiger partial charge in [-0.15, -0.1) is 0 Å². The Morgan fingerprint density at radius 3 is 2.05 bits per heavy atom. The molecule has 2 amide bonds. The Bertz CT molecular complexity index is 1650. The van der Waals surface area contributed by atoms with Crippen LogP contribution in [0.3, 0.4) is 0 Å². The van der Waals surface area contributed by atoms with Crippen molar-refractivity contribution in [1.29, 1.82) is 0 Å². The molecule has 0 aliphatic heterocycles. The SMILES string of the molecule is Cc1cccc(CN(C(=O)CN(c2ccc(Br)cc2)S(=O)(=O)c2ccccc2)[C@@H](Cc2ccccc2)C(=O)NCC(C)C)c1. The number of halogens is 1. The molecule has 0 saturated carbocycles. The Balaban J connectivity index is 1.79. The van der Waals surface area contributed by atoms with E-state index in [0.717, 1.165) is 25.5 Å². The Morgan fingerprint density at radius 2 is 1.43 bits per heavy atom. The van der Waals surface area contributed by atoms with E-state index in [1.807, 2.05) is 75.4 Å². The van der Waals surface area contributed by atoms with E-state index in [4.69, 9.17) is 0 Å². The third kappa shape index (κ3) is 8.80. The molecule has 0 saturated heterocycles. The fraction of sp³-hybridized carbons (Fsp3) is 0.257. The van der Waals surface area contributed by atoms with Crippen LogP contribution in [-0.4, -0.2) is 44.3 Å². The highest BCUT2D eigenvalue weighted by molar-refractivity contribution is 9.10. The zero-order valence-corrected chi connectivity index (χ0v) is 27.6. The van der Waals surface area contributed by atoms with Crippen molar-refractivity contribution in [2.45, 2.75) is 44.7 Å². The number of sulfonamides is 1. The second kappa shape index (κ2) is 15.2. The number of hydrogen-bond acceptors (Lipinski definition) is 4. The third-order valence-electron chi connectivity index (χ3n) is 7.12. The van der Waals surface area contributed by atoms with Gasteiger partial charge in [-0.25, -0.2) is 8.42 Å². The summed E-state index contributed by atoms with van der Waals surface area (Å²) in [6.45, 7) is 6.07. The normalized spacial score (nSPS) is 12.0. The Labute approximate surface area is 269 Å². The van der Waals surface area contributed by atoms with E-state index in [1.165, 1.54) is 17.0 Å². The van der Waals surface area contributed by atoms with Gasteiger partial charge < -0.3 is 10.2 Å². The summed E-state index contributed by atoms with van der Waals surface area (Å²) in [5.74, 6) is -0.569. The lowest BCUT2D eigenvalue weighted by atomic mass is 10.0. The van der Waals surface area contributed by atoms with Crippen molar-refractivity contribution in [1.82, 2.24) is 10.2 Å². The maximum Gasteiger partial charge on any atom is 0.264 e. The summed E-state index contributed by atoms with van der Waals surface area (Å²) in [4.78, 5) is 29.9. The molecule has 4 aromatic rings. The molecule has 0 radical (unpaired) electrons. The Kier molecular flexibility index (Phi) is 11.4. The lowest BCUT2D eigenvalue weighted by Gasteiger charge is -2.34. The molecule has 7 nitrogen and oxygen atoms in total. The highest BCUT2D eigenvalue weighted by Gasteiger charge is 2.34. The summed E-state index contributed by atoms with van der Waals surface area (Å²) in [6, 6.07) is 31.2. The molecule has 0 aliphatic rings. The molecule has 4 aromatic carbocycles. The molecule has 0 aromatic heterocycles. The van der Waals surface area contributed by atoms with E-state index in [9.17, 15) is 18.0 Å². The molecule has 0 bridgehead atoms. The second-order valence-electron chi connectivity index (χ2n) is 11.2. The molecule has 1 atom stereocenters. The van der Waals surface area contributed by atoms with E-state index < -0.39 is 28.5 Å². The van der Waals surface area contributed by atoms with Crippen LogP contribution in [-0.2, 0) is 32.6 Å². The van der Waals surface area contributed by atoms with E-state index in [2.05, 4.69) is 21.2 Å². The van der Waals surface area contributed by atoms with E-state index >= 15 is 0 Å². The van der Waals surface area contributed by atoms with Gasteiger partial charge in [0.05, 0.1) is 10.6 Å². The number of carbonyl (C=O) groups is 2. The van der Waals surface area contributed by atoms with Gasteiger partial charge in [-0.3, -0.25) is 13.9 Å². The first-order chi connectivity index (χ1) is 21.0. The largest absolute Gasteiger partial charge is 0.354 e. The number of nitrogens with one attached hydrogen (secondary N) is 1. The van der Waals surface area contributed by atoms with Gasteiger partial charge in [0.25, 0.3) is 10.0 Å². The van der Waals surface area contributed by atoms with Crippen LogP contribution in [0.2, 0.25) is 0 Å². The summed E-state index contributed by atoms with van der Waals surface area (Å²) in [5, 5.41) is 3.01. The number of benzene rings is 4. The van der Waals surface area contributed by atoms with Crippen molar-refractivity contribution in [3.63, 3.8) is 0 Å². The molecule has 230 valence electrons. The van der Waals surface area contributed by atoms with Crippen LogP contribution in [0.25, 0.3) is 0 Å². The van der Waals surface area contributed by atoms with Gasteiger partial charge in [-0.2, -0.15) is 0 Å². The van der Waals surface area contributed by atoms with Crippen molar-refractivity contribution >= 4 is 43.5 Å². The highest BCUT2D eigenvalue weighted by atomic mass is 79.9. The molecular weight excluding hydrogens is 638 g/mol. The first kappa shape index (κ1) is 33.0. The number of hydrogen-bond donors (Lipinski definition) is 1. The predicted molar refractivity (Wildman–Crippen MR) is 179 cm³/mol. The third-order valence-corrected chi connectivity index (χ3v) is 9.43. The van der Waals surface area contributed by atoms with Crippen LogP contribution in [0.1, 0.15) is 30.5 Å². The summed E-state index contributed by atoms with van der Waals surface area (Å²) >= 11 is 3.41. The maximum atomic E-state index is 14.5. The topological polar surface area (TPSA) is 86.8 Å². The second-order valence-corrected chi connectivity index (χ2v) is 13.9. The van der Waals surface area contributed by atoms with Crippen LogP contribution in [0.5, 0.6) is 0 Å². The summed E-state index contributed by atoms with van der Waals surface area (Å²) in [5.41, 5.74) is 3.08. The molecule has 9 heteroatoms. The number of carbonyl (C=O) groups excluding carboxylic acids is 2. The fourth-order valence-corrected chi connectivity index (χ4v) is 6.54. The number of rotatable bonds is 13. The lowest BCUT2D eigenvalue weighted by molar-refractivity contribution is -0.140. The smallest absolute Gasteiger partial charge is 0.264 e. The molecule has 4 rings (SSSR count).